The number of carbonyl (C=O) groups is 2. The summed E-state index contributed by atoms with van der Waals surface area (Å²) in [6.07, 6.45) is 3.35. The van der Waals surface area contributed by atoms with E-state index in [9.17, 15) is 9.59 Å². The number of fused-ring (bicyclic) bond motifs is 1. The first-order valence-corrected chi connectivity index (χ1v) is 6.44. The molecule has 0 bridgehead atoms. The number of anilines is 1. The molecule has 0 radical (unpaired) electrons. The summed E-state index contributed by atoms with van der Waals surface area (Å²) in [6, 6.07) is 5.21. The fraction of sp³-hybridized carbons (Fsp3) is 0.429. The lowest BCUT2D eigenvalue weighted by Crippen LogP contribution is -2.39. The molecule has 0 saturated heterocycles. The molecule has 0 aromatic heterocycles. The molecule has 0 fully saturated rings. The molecule has 2 rings (SSSR count). The van der Waals surface area contributed by atoms with Gasteiger partial charge in [0, 0.05) is 5.69 Å². The average Bonchev–Trinajstić information content (AvgIpc) is 2.83. The number of nitrogens with one attached hydrogen (secondary N) is 2. The fourth-order valence-corrected chi connectivity index (χ4v) is 2.19. The van der Waals surface area contributed by atoms with E-state index in [0.717, 1.165) is 18.5 Å². The minimum atomic E-state index is -0.967. The minimum absolute atomic E-state index is 0.00937. The molecule has 0 unspecified atom stereocenters. The lowest BCUT2D eigenvalue weighted by molar-refractivity contribution is -0.139. The monoisotopic (exact) mass is 262 g/mol. The second-order valence-corrected chi connectivity index (χ2v) is 4.83. The number of carboxylic acid groups (broad SMARTS) is 1. The largest absolute Gasteiger partial charge is 0.480 e. The fourth-order valence-electron chi connectivity index (χ4n) is 2.19. The summed E-state index contributed by atoms with van der Waals surface area (Å²) >= 11 is 0. The Hall–Kier alpha value is -1.88. The first kappa shape index (κ1) is 13.5. The summed E-state index contributed by atoms with van der Waals surface area (Å²) in [6.45, 7) is 1.50. The molecule has 3 N–H and O–H groups in total. The van der Waals surface area contributed by atoms with Crippen LogP contribution in [0, 0.1) is 0 Å². The van der Waals surface area contributed by atoms with Crippen molar-refractivity contribution in [3.05, 3.63) is 29.3 Å². The van der Waals surface area contributed by atoms with Gasteiger partial charge in [0.1, 0.15) is 6.04 Å². The molecule has 1 atom stereocenters. The summed E-state index contributed by atoms with van der Waals surface area (Å²) in [7, 11) is 0. The van der Waals surface area contributed by atoms with Crippen LogP contribution in [0.3, 0.4) is 0 Å². The second-order valence-electron chi connectivity index (χ2n) is 4.83. The molecule has 1 aromatic carbocycles. The number of benzene rings is 1. The lowest BCUT2D eigenvalue weighted by atomic mass is 10.1. The molecule has 0 spiro atoms. The number of carboxylic acids is 1. The Morgan fingerprint density at radius 1 is 1.32 bits per heavy atom. The summed E-state index contributed by atoms with van der Waals surface area (Å²) in [5, 5.41) is 14.1. The minimum Gasteiger partial charge on any atom is -0.480 e. The van der Waals surface area contributed by atoms with Crippen LogP contribution in [0.25, 0.3) is 0 Å². The van der Waals surface area contributed by atoms with Crippen molar-refractivity contribution in [2.45, 2.75) is 32.2 Å². The van der Waals surface area contributed by atoms with Crippen LogP contribution in [0.4, 0.5) is 5.69 Å². The normalized spacial score (nSPS) is 14.8. The number of hydrogen-bond donors (Lipinski definition) is 3. The van der Waals surface area contributed by atoms with Crippen molar-refractivity contribution in [1.82, 2.24) is 5.32 Å². The highest BCUT2D eigenvalue weighted by Crippen LogP contribution is 2.24. The lowest BCUT2D eigenvalue weighted by Gasteiger charge is -2.10. The number of rotatable bonds is 5. The highest BCUT2D eigenvalue weighted by atomic mass is 16.4. The van der Waals surface area contributed by atoms with Gasteiger partial charge in [0.05, 0.1) is 6.54 Å². The predicted molar refractivity (Wildman–Crippen MR) is 72.2 cm³/mol. The van der Waals surface area contributed by atoms with Crippen molar-refractivity contribution in [3.63, 3.8) is 0 Å². The first-order valence-electron chi connectivity index (χ1n) is 6.44. The summed E-state index contributed by atoms with van der Waals surface area (Å²) in [4.78, 5) is 22.3. The van der Waals surface area contributed by atoms with Crippen molar-refractivity contribution in [2.75, 3.05) is 11.9 Å². The molecular weight excluding hydrogens is 244 g/mol. The maximum absolute atomic E-state index is 11.7. The van der Waals surface area contributed by atoms with Crippen LogP contribution in [0.1, 0.15) is 24.5 Å². The molecule has 0 saturated carbocycles. The van der Waals surface area contributed by atoms with E-state index < -0.39 is 12.0 Å². The van der Waals surface area contributed by atoms with E-state index in [0.29, 0.717) is 0 Å². The van der Waals surface area contributed by atoms with E-state index in [-0.39, 0.29) is 12.5 Å². The van der Waals surface area contributed by atoms with Gasteiger partial charge in [-0.2, -0.15) is 0 Å². The standard InChI is InChI=1S/C14H18N2O3/c1-9(14(18)19)15-8-13(17)16-12-6-5-10-3-2-4-11(10)7-12/h5-7,9,15H,2-4,8H2,1H3,(H,16,17)(H,18,19)/t9-/m1/s1. The van der Waals surface area contributed by atoms with Crippen LogP contribution in [0.5, 0.6) is 0 Å². The highest BCUT2D eigenvalue weighted by Gasteiger charge is 2.13. The zero-order valence-electron chi connectivity index (χ0n) is 10.9. The number of aliphatic carboxylic acids is 1. The maximum atomic E-state index is 11.7. The van der Waals surface area contributed by atoms with E-state index in [2.05, 4.69) is 10.6 Å². The van der Waals surface area contributed by atoms with Gasteiger partial charge >= 0.3 is 5.97 Å². The molecule has 1 aliphatic rings. The molecule has 1 amide bonds. The van der Waals surface area contributed by atoms with Gasteiger partial charge in [0.2, 0.25) is 5.91 Å². The Morgan fingerprint density at radius 3 is 2.79 bits per heavy atom. The highest BCUT2D eigenvalue weighted by molar-refractivity contribution is 5.92. The van der Waals surface area contributed by atoms with Crippen LogP contribution >= 0.6 is 0 Å². The van der Waals surface area contributed by atoms with Gasteiger partial charge in [-0.3, -0.25) is 14.9 Å². The van der Waals surface area contributed by atoms with Gasteiger partial charge in [-0.1, -0.05) is 6.07 Å². The van der Waals surface area contributed by atoms with Crippen LogP contribution < -0.4 is 10.6 Å². The topological polar surface area (TPSA) is 78.4 Å². The Morgan fingerprint density at radius 2 is 2.05 bits per heavy atom. The zero-order valence-corrected chi connectivity index (χ0v) is 10.9. The van der Waals surface area contributed by atoms with E-state index in [1.807, 2.05) is 18.2 Å². The molecule has 19 heavy (non-hydrogen) atoms. The predicted octanol–water partition coefficient (Wildman–Crippen LogP) is 1.18. The third-order valence-electron chi connectivity index (χ3n) is 3.32. The smallest absolute Gasteiger partial charge is 0.320 e. The molecule has 102 valence electrons. The van der Waals surface area contributed by atoms with Gasteiger partial charge in [-0.05, 0) is 49.4 Å². The number of hydrogen-bond acceptors (Lipinski definition) is 3. The third-order valence-corrected chi connectivity index (χ3v) is 3.32. The van der Waals surface area contributed by atoms with Crippen LogP contribution in [0.2, 0.25) is 0 Å². The van der Waals surface area contributed by atoms with Crippen molar-refractivity contribution in [1.29, 1.82) is 0 Å². The summed E-state index contributed by atoms with van der Waals surface area (Å²) < 4.78 is 0. The molecule has 1 aliphatic carbocycles. The SMILES string of the molecule is C[C@@H](NCC(=O)Nc1ccc2c(c1)CCC2)C(=O)O. The molecule has 0 heterocycles. The number of aryl methyl sites for hydroxylation is 2. The Balaban J connectivity index is 1.87. The van der Waals surface area contributed by atoms with E-state index in [1.54, 1.807) is 0 Å². The number of amides is 1. The van der Waals surface area contributed by atoms with Crippen molar-refractivity contribution in [2.24, 2.45) is 0 Å². The Kier molecular flexibility index (Phi) is 4.16. The maximum Gasteiger partial charge on any atom is 0.320 e. The Labute approximate surface area is 112 Å². The van der Waals surface area contributed by atoms with Crippen LogP contribution in [0.15, 0.2) is 18.2 Å². The molecule has 0 aliphatic heterocycles. The van der Waals surface area contributed by atoms with Crippen molar-refractivity contribution < 1.29 is 14.7 Å². The molecule has 1 aromatic rings. The second kappa shape index (κ2) is 5.84. The first-order chi connectivity index (χ1) is 9.06. The number of carbonyl (C=O) groups excluding carboxylic acids is 1. The van der Waals surface area contributed by atoms with Gasteiger partial charge in [-0.25, -0.2) is 0 Å². The van der Waals surface area contributed by atoms with Crippen LogP contribution in [-0.2, 0) is 22.4 Å². The van der Waals surface area contributed by atoms with E-state index in [1.165, 1.54) is 24.5 Å². The van der Waals surface area contributed by atoms with Gasteiger partial charge in [0.25, 0.3) is 0 Å². The molecule has 5 heteroatoms. The van der Waals surface area contributed by atoms with E-state index in [4.69, 9.17) is 5.11 Å². The average molecular weight is 262 g/mol. The van der Waals surface area contributed by atoms with Gasteiger partial charge in [0.15, 0.2) is 0 Å². The van der Waals surface area contributed by atoms with Crippen molar-refractivity contribution in [3.8, 4) is 0 Å². The quantitative estimate of drug-likeness (QED) is 0.744. The van der Waals surface area contributed by atoms with Crippen LogP contribution in [-0.4, -0.2) is 29.6 Å². The van der Waals surface area contributed by atoms with E-state index >= 15 is 0 Å². The van der Waals surface area contributed by atoms with Gasteiger partial charge < -0.3 is 10.4 Å². The molecular formula is C14H18N2O3. The zero-order chi connectivity index (χ0) is 13.8. The third kappa shape index (κ3) is 3.54. The van der Waals surface area contributed by atoms with Crippen molar-refractivity contribution >= 4 is 17.6 Å². The molecule has 5 nitrogen and oxygen atoms in total. The van der Waals surface area contributed by atoms with Gasteiger partial charge in [-0.15, -0.1) is 0 Å². The summed E-state index contributed by atoms with van der Waals surface area (Å²) in [5.74, 6) is -1.20. The Bertz CT molecular complexity index is 499. The summed E-state index contributed by atoms with van der Waals surface area (Å²) in [5.41, 5.74) is 3.43.